The van der Waals surface area contributed by atoms with Gasteiger partial charge in [0.2, 0.25) is 0 Å². The van der Waals surface area contributed by atoms with Gasteiger partial charge < -0.3 is 9.84 Å². The normalized spacial score (nSPS) is 12.2. The number of Topliss-reactive ketones (excluding diaryl/α,β-unsaturated/α-hetero) is 1. The van der Waals surface area contributed by atoms with Gasteiger partial charge >= 0.3 is 5.97 Å². The van der Waals surface area contributed by atoms with E-state index in [0.717, 1.165) is 38.8 Å². The molecule has 1 unspecified atom stereocenters. The minimum Gasteiger partial charge on any atom is -0.506 e. The number of phenolic OH excluding ortho intramolecular Hbond substituents is 1. The van der Waals surface area contributed by atoms with Crippen LogP contribution in [0.2, 0.25) is 0 Å². The van der Waals surface area contributed by atoms with Crippen molar-refractivity contribution in [3.8, 4) is 5.75 Å². The van der Waals surface area contributed by atoms with E-state index in [4.69, 9.17) is 4.74 Å². The van der Waals surface area contributed by atoms with E-state index < -0.39 is 5.97 Å². The molecule has 1 rings (SSSR count). The first kappa shape index (κ1) is 20.2. The van der Waals surface area contributed by atoms with Gasteiger partial charge in [-0.3, -0.25) is 9.69 Å². The molecular formula is C19H29NO4. The SMILES string of the molecule is CCCCN(CCCC)C(C)OC(=O)c1cccc(C(C)=O)c1O. The molecule has 0 heterocycles. The number of hydrogen-bond donors (Lipinski definition) is 1. The van der Waals surface area contributed by atoms with Crippen molar-refractivity contribution < 1.29 is 19.4 Å². The molecule has 1 N–H and O–H groups in total. The van der Waals surface area contributed by atoms with Crippen LogP contribution in [0.4, 0.5) is 0 Å². The van der Waals surface area contributed by atoms with Gasteiger partial charge in [-0.1, -0.05) is 32.8 Å². The molecular weight excluding hydrogens is 306 g/mol. The Morgan fingerprint density at radius 1 is 1.12 bits per heavy atom. The highest BCUT2D eigenvalue weighted by molar-refractivity contribution is 6.02. The lowest BCUT2D eigenvalue weighted by molar-refractivity contribution is -0.0246. The lowest BCUT2D eigenvalue weighted by Crippen LogP contribution is -2.38. The van der Waals surface area contributed by atoms with E-state index in [0.29, 0.717) is 0 Å². The van der Waals surface area contributed by atoms with Gasteiger partial charge in [-0.15, -0.1) is 0 Å². The first-order valence-corrected chi connectivity index (χ1v) is 8.70. The molecule has 0 bridgehead atoms. The number of esters is 1. The predicted molar refractivity (Wildman–Crippen MR) is 94.4 cm³/mol. The number of ether oxygens (including phenoxy) is 1. The highest BCUT2D eigenvalue weighted by Crippen LogP contribution is 2.24. The van der Waals surface area contributed by atoms with Gasteiger partial charge in [0.25, 0.3) is 0 Å². The zero-order valence-electron chi connectivity index (χ0n) is 15.2. The van der Waals surface area contributed by atoms with Gasteiger partial charge in [0, 0.05) is 13.1 Å². The molecule has 5 nitrogen and oxygen atoms in total. The summed E-state index contributed by atoms with van der Waals surface area (Å²) in [6.07, 6.45) is 3.85. The smallest absolute Gasteiger partial charge is 0.343 e. The van der Waals surface area contributed by atoms with E-state index in [-0.39, 0.29) is 28.9 Å². The van der Waals surface area contributed by atoms with Crippen molar-refractivity contribution in [3.05, 3.63) is 29.3 Å². The van der Waals surface area contributed by atoms with Crippen molar-refractivity contribution in [1.82, 2.24) is 4.90 Å². The standard InChI is InChI=1S/C19H29NO4/c1-5-7-12-20(13-8-6-2)15(4)24-19(23)17-11-9-10-16(14(3)21)18(17)22/h9-11,15,22H,5-8,12-13H2,1-4H3. The first-order valence-electron chi connectivity index (χ1n) is 8.70. The third kappa shape index (κ3) is 5.64. The van der Waals surface area contributed by atoms with Crippen LogP contribution in [0.3, 0.4) is 0 Å². The summed E-state index contributed by atoms with van der Waals surface area (Å²) in [6.45, 7) is 9.17. The Labute approximate surface area is 144 Å². The van der Waals surface area contributed by atoms with Crippen LogP contribution < -0.4 is 0 Å². The summed E-state index contributed by atoms with van der Waals surface area (Å²) >= 11 is 0. The maximum atomic E-state index is 12.4. The molecule has 5 heteroatoms. The van der Waals surface area contributed by atoms with Crippen LogP contribution in [0.25, 0.3) is 0 Å². The molecule has 0 saturated heterocycles. The first-order chi connectivity index (χ1) is 11.4. The Kier molecular flexibility index (Phi) is 8.47. The van der Waals surface area contributed by atoms with Gasteiger partial charge in [-0.05, 0) is 38.8 Å². The van der Waals surface area contributed by atoms with Crippen LogP contribution in [-0.4, -0.2) is 41.1 Å². The van der Waals surface area contributed by atoms with Crippen LogP contribution in [-0.2, 0) is 4.74 Å². The predicted octanol–water partition coefficient (Wildman–Crippen LogP) is 4.00. The van der Waals surface area contributed by atoms with Crippen LogP contribution in [0.5, 0.6) is 5.75 Å². The van der Waals surface area contributed by atoms with Crippen molar-refractivity contribution in [2.24, 2.45) is 0 Å². The van der Waals surface area contributed by atoms with Crippen LogP contribution in [0, 0.1) is 0 Å². The summed E-state index contributed by atoms with van der Waals surface area (Å²) in [5, 5.41) is 10.1. The van der Waals surface area contributed by atoms with E-state index in [1.54, 1.807) is 6.07 Å². The molecule has 0 aliphatic heterocycles. The fourth-order valence-corrected chi connectivity index (χ4v) is 2.48. The summed E-state index contributed by atoms with van der Waals surface area (Å²) in [5.41, 5.74) is 0.159. The van der Waals surface area contributed by atoms with Crippen LogP contribution in [0.15, 0.2) is 18.2 Å². The quantitative estimate of drug-likeness (QED) is 0.398. The van der Waals surface area contributed by atoms with Crippen molar-refractivity contribution in [1.29, 1.82) is 0 Å². The maximum absolute atomic E-state index is 12.4. The summed E-state index contributed by atoms with van der Waals surface area (Å²) in [5.74, 6) is -1.21. The number of aromatic hydroxyl groups is 1. The molecule has 0 amide bonds. The molecule has 0 saturated carbocycles. The largest absolute Gasteiger partial charge is 0.506 e. The molecule has 0 aliphatic rings. The fraction of sp³-hybridized carbons (Fsp3) is 0.579. The zero-order chi connectivity index (χ0) is 18.1. The Balaban J connectivity index is 2.84. The van der Waals surface area contributed by atoms with Gasteiger partial charge in [0.15, 0.2) is 12.0 Å². The monoisotopic (exact) mass is 335 g/mol. The average molecular weight is 335 g/mol. The summed E-state index contributed by atoms with van der Waals surface area (Å²) < 4.78 is 5.52. The molecule has 24 heavy (non-hydrogen) atoms. The van der Waals surface area contributed by atoms with Crippen LogP contribution in [0.1, 0.15) is 74.1 Å². The van der Waals surface area contributed by atoms with Gasteiger partial charge in [0.05, 0.1) is 5.56 Å². The number of ketones is 1. The second kappa shape index (κ2) is 10.1. The lowest BCUT2D eigenvalue weighted by atomic mass is 10.1. The molecule has 0 aliphatic carbocycles. The van der Waals surface area contributed by atoms with E-state index in [2.05, 4.69) is 18.7 Å². The van der Waals surface area contributed by atoms with E-state index >= 15 is 0 Å². The summed E-state index contributed by atoms with van der Waals surface area (Å²) in [7, 11) is 0. The van der Waals surface area contributed by atoms with E-state index in [1.165, 1.54) is 19.1 Å². The molecule has 1 aromatic carbocycles. The van der Waals surface area contributed by atoms with Gasteiger partial charge in [-0.2, -0.15) is 0 Å². The Morgan fingerprint density at radius 3 is 2.17 bits per heavy atom. The number of benzene rings is 1. The lowest BCUT2D eigenvalue weighted by Gasteiger charge is -2.28. The van der Waals surface area contributed by atoms with Crippen molar-refractivity contribution >= 4 is 11.8 Å². The number of nitrogens with zero attached hydrogens (tertiary/aromatic N) is 1. The molecule has 134 valence electrons. The van der Waals surface area contributed by atoms with Crippen molar-refractivity contribution in [3.63, 3.8) is 0 Å². The summed E-state index contributed by atoms with van der Waals surface area (Å²) in [6, 6.07) is 4.54. The van der Waals surface area contributed by atoms with E-state index in [9.17, 15) is 14.7 Å². The Bertz CT molecular complexity index is 548. The fourth-order valence-electron chi connectivity index (χ4n) is 2.48. The number of rotatable bonds is 10. The number of carbonyl (C=O) groups is 2. The second-order valence-corrected chi connectivity index (χ2v) is 6.01. The van der Waals surface area contributed by atoms with Gasteiger partial charge in [-0.25, -0.2) is 4.79 Å². The molecule has 1 atom stereocenters. The van der Waals surface area contributed by atoms with Crippen molar-refractivity contribution in [2.75, 3.05) is 13.1 Å². The average Bonchev–Trinajstić information content (AvgIpc) is 2.54. The number of phenols is 1. The van der Waals surface area contributed by atoms with E-state index in [1.807, 2.05) is 6.92 Å². The zero-order valence-corrected chi connectivity index (χ0v) is 15.2. The topological polar surface area (TPSA) is 66.8 Å². The molecule has 0 radical (unpaired) electrons. The number of para-hydroxylation sites is 1. The number of hydrogen-bond acceptors (Lipinski definition) is 5. The maximum Gasteiger partial charge on any atom is 0.343 e. The molecule has 0 aromatic heterocycles. The second-order valence-electron chi connectivity index (χ2n) is 6.01. The third-order valence-electron chi connectivity index (χ3n) is 4.02. The Hall–Kier alpha value is -1.88. The summed E-state index contributed by atoms with van der Waals surface area (Å²) in [4.78, 5) is 26.0. The molecule has 0 fully saturated rings. The number of unbranched alkanes of at least 4 members (excludes halogenated alkanes) is 2. The number of carbonyl (C=O) groups excluding carboxylic acids is 2. The highest BCUT2D eigenvalue weighted by Gasteiger charge is 2.22. The van der Waals surface area contributed by atoms with Gasteiger partial charge in [0.1, 0.15) is 11.3 Å². The molecule has 1 aromatic rings. The molecule has 0 spiro atoms. The minimum absolute atomic E-state index is 0.0282. The third-order valence-corrected chi connectivity index (χ3v) is 4.02. The van der Waals surface area contributed by atoms with Crippen LogP contribution >= 0.6 is 0 Å². The Morgan fingerprint density at radius 2 is 1.67 bits per heavy atom. The minimum atomic E-state index is -0.610. The highest BCUT2D eigenvalue weighted by atomic mass is 16.6. The van der Waals surface area contributed by atoms with Crippen molar-refractivity contribution in [2.45, 2.75) is 59.6 Å².